The Bertz CT molecular complexity index is 548. The summed E-state index contributed by atoms with van der Waals surface area (Å²) in [5, 5.41) is 5.77. The highest BCUT2D eigenvalue weighted by Crippen LogP contribution is 2.17. The normalized spacial score (nSPS) is 19.1. The molecule has 0 radical (unpaired) electrons. The van der Waals surface area contributed by atoms with Gasteiger partial charge in [-0.05, 0) is 24.1 Å². The van der Waals surface area contributed by atoms with Gasteiger partial charge in [0, 0.05) is 36.2 Å². The van der Waals surface area contributed by atoms with Crippen molar-refractivity contribution >= 4 is 33.4 Å². The van der Waals surface area contributed by atoms with E-state index in [1.54, 1.807) is 0 Å². The summed E-state index contributed by atoms with van der Waals surface area (Å²) in [5.41, 5.74) is 0.774. The number of piperazine rings is 1. The predicted molar refractivity (Wildman–Crippen MR) is 90.6 cm³/mol. The first-order valence-electron chi connectivity index (χ1n) is 7.54. The molecule has 0 bridgehead atoms. The van der Waals surface area contributed by atoms with Gasteiger partial charge in [0.25, 0.3) is 0 Å². The minimum atomic E-state index is -0.146. The average molecular weight is 368 g/mol. The summed E-state index contributed by atoms with van der Waals surface area (Å²) in [6, 6.07) is 7.36. The van der Waals surface area contributed by atoms with E-state index in [1.807, 2.05) is 38.1 Å². The maximum Gasteiger partial charge on any atom is 0.237 e. The fourth-order valence-electron chi connectivity index (χ4n) is 2.74. The van der Waals surface area contributed by atoms with E-state index in [-0.39, 0.29) is 23.8 Å². The Balaban J connectivity index is 1.88. The second-order valence-electron chi connectivity index (χ2n) is 5.82. The van der Waals surface area contributed by atoms with Crippen molar-refractivity contribution in [2.24, 2.45) is 5.92 Å². The Morgan fingerprint density at radius 3 is 2.95 bits per heavy atom. The van der Waals surface area contributed by atoms with Gasteiger partial charge in [0.05, 0.1) is 6.04 Å². The molecule has 1 saturated heterocycles. The van der Waals surface area contributed by atoms with Crippen molar-refractivity contribution in [3.8, 4) is 0 Å². The summed E-state index contributed by atoms with van der Waals surface area (Å²) in [5.74, 6) is 0.258. The number of hydrogen-bond acceptors (Lipinski definition) is 3. The molecule has 2 amide bonds. The number of nitrogens with one attached hydrogen (secondary N) is 2. The summed E-state index contributed by atoms with van der Waals surface area (Å²) < 4.78 is 0.929. The topological polar surface area (TPSA) is 61.4 Å². The minimum Gasteiger partial charge on any atom is -0.353 e. The Morgan fingerprint density at radius 2 is 2.27 bits per heavy atom. The number of carbonyl (C=O) groups is 2. The number of nitrogens with zero attached hydrogens (tertiary/aromatic N) is 1. The van der Waals surface area contributed by atoms with Crippen LogP contribution in [0.4, 0.5) is 5.69 Å². The first-order valence-corrected chi connectivity index (χ1v) is 8.34. The molecule has 5 nitrogen and oxygen atoms in total. The third kappa shape index (κ3) is 4.55. The molecule has 1 unspecified atom stereocenters. The van der Waals surface area contributed by atoms with E-state index in [4.69, 9.17) is 0 Å². The van der Waals surface area contributed by atoms with Crippen molar-refractivity contribution in [2.45, 2.75) is 26.3 Å². The predicted octanol–water partition coefficient (Wildman–Crippen LogP) is 2.23. The van der Waals surface area contributed by atoms with Crippen LogP contribution in [0.5, 0.6) is 0 Å². The summed E-state index contributed by atoms with van der Waals surface area (Å²) in [6.45, 7) is 6.10. The smallest absolute Gasteiger partial charge is 0.237 e. The number of amides is 2. The zero-order valence-electron chi connectivity index (χ0n) is 12.9. The first kappa shape index (κ1) is 17.0. The minimum absolute atomic E-state index is 0.0356. The van der Waals surface area contributed by atoms with Crippen LogP contribution in [0.2, 0.25) is 0 Å². The molecule has 1 aromatic rings. The van der Waals surface area contributed by atoms with E-state index in [0.717, 1.165) is 16.7 Å². The van der Waals surface area contributed by atoms with Gasteiger partial charge in [-0.15, -0.1) is 0 Å². The van der Waals surface area contributed by atoms with Crippen molar-refractivity contribution in [3.63, 3.8) is 0 Å². The second-order valence-corrected chi connectivity index (χ2v) is 6.74. The highest BCUT2D eigenvalue weighted by atomic mass is 79.9. The van der Waals surface area contributed by atoms with Gasteiger partial charge in [0.2, 0.25) is 11.8 Å². The van der Waals surface area contributed by atoms with Gasteiger partial charge in [-0.1, -0.05) is 35.8 Å². The maximum atomic E-state index is 12.1. The molecule has 1 heterocycles. The lowest BCUT2D eigenvalue weighted by atomic mass is 9.99. The first-order chi connectivity index (χ1) is 10.5. The molecule has 1 aliphatic rings. The SMILES string of the molecule is CC(C)C1C(=O)NCCN1CCC(=O)Nc1cccc(Br)c1. The molecule has 1 aromatic carbocycles. The molecule has 1 aliphatic heterocycles. The van der Waals surface area contributed by atoms with Gasteiger partial charge in [0.15, 0.2) is 0 Å². The number of rotatable bonds is 5. The fraction of sp³-hybridized carbons (Fsp3) is 0.500. The van der Waals surface area contributed by atoms with Crippen LogP contribution in [0.15, 0.2) is 28.7 Å². The van der Waals surface area contributed by atoms with Crippen molar-refractivity contribution < 1.29 is 9.59 Å². The van der Waals surface area contributed by atoms with Crippen LogP contribution < -0.4 is 10.6 Å². The molecule has 0 aromatic heterocycles. The van der Waals surface area contributed by atoms with Crippen molar-refractivity contribution in [1.82, 2.24) is 10.2 Å². The molecular formula is C16H22BrN3O2. The zero-order valence-corrected chi connectivity index (χ0v) is 14.5. The highest BCUT2D eigenvalue weighted by molar-refractivity contribution is 9.10. The average Bonchev–Trinajstić information content (AvgIpc) is 2.44. The summed E-state index contributed by atoms with van der Waals surface area (Å²) in [6.07, 6.45) is 0.378. The number of hydrogen-bond donors (Lipinski definition) is 2. The van der Waals surface area contributed by atoms with Gasteiger partial charge in [-0.3, -0.25) is 14.5 Å². The molecule has 2 rings (SSSR count). The Hall–Kier alpha value is -1.40. The van der Waals surface area contributed by atoms with Crippen LogP contribution in [0, 0.1) is 5.92 Å². The lowest BCUT2D eigenvalue weighted by Gasteiger charge is -2.37. The van der Waals surface area contributed by atoms with Gasteiger partial charge >= 0.3 is 0 Å². The Kier molecular flexibility index (Phi) is 5.97. The van der Waals surface area contributed by atoms with Crippen LogP contribution in [0.3, 0.4) is 0 Å². The summed E-state index contributed by atoms with van der Waals surface area (Å²) in [4.78, 5) is 26.1. The fourth-order valence-corrected chi connectivity index (χ4v) is 3.14. The molecule has 6 heteroatoms. The molecule has 120 valence electrons. The Morgan fingerprint density at radius 1 is 1.50 bits per heavy atom. The van der Waals surface area contributed by atoms with Gasteiger partial charge in [-0.2, -0.15) is 0 Å². The van der Waals surface area contributed by atoms with Crippen molar-refractivity contribution in [3.05, 3.63) is 28.7 Å². The van der Waals surface area contributed by atoms with Crippen LogP contribution in [-0.4, -0.2) is 42.4 Å². The van der Waals surface area contributed by atoms with Crippen LogP contribution >= 0.6 is 15.9 Å². The van der Waals surface area contributed by atoms with Crippen molar-refractivity contribution in [1.29, 1.82) is 0 Å². The maximum absolute atomic E-state index is 12.1. The van der Waals surface area contributed by atoms with Crippen molar-refractivity contribution in [2.75, 3.05) is 25.0 Å². The molecule has 0 aliphatic carbocycles. The lowest BCUT2D eigenvalue weighted by molar-refractivity contribution is -0.131. The van der Waals surface area contributed by atoms with E-state index in [2.05, 4.69) is 31.5 Å². The third-order valence-corrected chi connectivity index (χ3v) is 4.22. The molecule has 2 N–H and O–H groups in total. The molecule has 22 heavy (non-hydrogen) atoms. The van der Waals surface area contributed by atoms with E-state index in [9.17, 15) is 9.59 Å². The van der Waals surface area contributed by atoms with Crippen LogP contribution in [0.25, 0.3) is 0 Å². The van der Waals surface area contributed by atoms with Gasteiger partial charge in [-0.25, -0.2) is 0 Å². The van der Waals surface area contributed by atoms with Crippen LogP contribution in [0.1, 0.15) is 20.3 Å². The third-order valence-electron chi connectivity index (χ3n) is 3.73. The summed E-state index contributed by atoms with van der Waals surface area (Å²) in [7, 11) is 0. The number of benzene rings is 1. The van der Waals surface area contributed by atoms with Gasteiger partial charge in [0.1, 0.15) is 0 Å². The lowest BCUT2D eigenvalue weighted by Crippen LogP contribution is -2.57. The molecule has 0 saturated carbocycles. The number of halogens is 1. The molecular weight excluding hydrogens is 346 g/mol. The van der Waals surface area contributed by atoms with E-state index >= 15 is 0 Å². The second kappa shape index (κ2) is 7.74. The van der Waals surface area contributed by atoms with Crippen LogP contribution in [-0.2, 0) is 9.59 Å². The Labute approximate surface area is 139 Å². The van der Waals surface area contributed by atoms with E-state index < -0.39 is 0 Å². The monoisotopic (exact) mass is 367 g/mol. The number of anilines is 1. The molecule has 1 atom stereocenters. The molecule has 1 fully saturated rings. The largest absolute Gasteiger partial charge is 0.353 e. The molecule has 0 spiro atoms. The van der Waals surface area contributed by atoms with E-state index in [1.165, 1.54) is 0 Å². The standard InChI is InChI=1S/C16H22BrN3O2/c1-11(2)15-16(22)18-7-9-20(15)8-6-14(21)19-13-5-3-4-12(17)10-13/h3-5,10-11,15H,6-9H2,1-2H3,(H,18,22)(H,19,21). The summed E-state index contributed by atoms with van der Waals surface area (Å²) >= 11 is 3.38. The highest BCUT2D eigenvalue weighted by Gasteiger charge is 2.31. The zero-order chi connectivity index (χ0) is 16.1. The van der Waals surface area contributed by atoms with Gasteiger partial charge < -0.3 is 10.6 Å². The number of carbonyl (C=O) groups excluding carboxylic acids is 2. The van der Waals surface area contributed by atoms with E-state index in [0.29, 0.717) is 19.5 Å². The quantitative estimate of drug-likeness (QED) is 0.838.